The van der Waals surface area contributed by atoms with Gasteiger partial charge in [-0.25, -0.2) is 0 Å². The second-order valence-corrected chi connectivity index (χ2v) is 5.01. The third-order valence-corrected chi connectivity index (χ3v) is 4.23. The maximum Gasteiger partial charge on any atom is 0.324 e. The Labute approximate surface area is 117 Å². The summed E-state index contributed by atoms with van der Waals surface area (Å²) in [4.78, 5) is 38.0. The van der Waals surface area contributed by atoms with Crippen LogP contribution in [-0.4, -0.2) is 62.8 Å². The topological polar surface area (TPSA) is 82.1 Å². The Morgan fingerprint density at radius 1 is 0.900 bits per heavy atom. The van der Waals surface area contributed by atoms with E-state index in [4.69, 9.17) is 14.2 Å². The highest BCUT2D eigenvalue weighted by atomic mass is 16.5. The predicted molar refractivity (Wildman–Crippen MR) is 66.5 cm³/mol. The summed E-state index contributed by atoms with van der Waals surface area (Å²) >= 11 is 0. The highest BCUT2D eigenvalue weighted by molar-refractivity contribution is 5.91. The molecule has 0 spiro atoms. The molecule has 112 valence electrons. The molecule has 0 saturated carbocycles. The molecule has 0 aliphatic carbocycles. The summed E-state index contributed by atoms with van der Waals surface area (Å²) in [6.07, 6.45) is 1.63. The van der Waals surface area contributed by atoms with Crippen LogP contribution in [0, 0.1) is 11.8 Å². The minimum absolute atomic E-state index is 0.171. The number of hydrogen-bond donors (Lipinski definition) is 0. The fraction of sp³-hybridized carbons (Fsp3) is 0.769. The first-order chi connectivity index (χ1) is 9.56. The molecular weight excluding hydrogens is 266 g/mol. The second kappa shape index (κ2) is 5.78. The zero-order chi connectivity index (χ0) is 14.9. The normalized spacial score (nSPS) is 32.5. The number of ether oxygens (including phenoxy) is 3. The molecule has 0 aromatic carbocycles. The molecule has 7 nitrogen and oxygen atoms in total. The largest absolute Gasteiger partial charge is 0.469 e. The summed E-state index contributed by atoms with van der Waals surface area (Å²) in [6, 6.07) is -0.945. The van der Waals surface area contributed by atoms with Crippen LogP contribution in [0.5, 0.6) is 0 Å². The van der Waals surface area contributed by atoms with E-state index in [2.05, 4.69) is 0 Å². The highest BCUT2D eigenvalue weighted by Gasteiger charge is 2.60. The maximum absolute atomic E-state index is 12.0. The molecule has 2 rings (SSSR count). The van der Waals surface area contributed by atoms with Gasteiger partial charge in [-0.3, -0.25) is 19.3 Å². The molecule has 4 atom stereocenters. The van der Waals surface area contributed by atoms with Crippen LogP contribution in [-0.2, 0) is 28.6 Å². The van der Waals surface area contributed by atoms with Crippen molar-refractivity contribution in [3.05, 3.63) is 0 Å². The average Bonchev–Trinajstić information content (AvgIpc) is 3.04. The fourth-order valence-corrected chi connectivity index (χ4v) is 3.44. The molecule has 0 aromatic rings. The SMILES string of the molecule is COC(=O)[C@@H]1[C@@H](C(=O)OC)[C@H](C(=O)OC)N2CCC[C@@H]12. The number of fused-ring (bicyclic) bond motifs is 1. The van der Waals surface area contributed by atoms with Crippen molar-refractivity contribution in [2.24, 2.45) is 11.8 Å². The Morgan fingerprint density at radius 3 is 2.00 bits per heavy atom. The third kappa shape index (κ3) is 2.15. The van der Waals surface area contributed by atoms with Gasteiger partial charge in [0.15, 0.2) is 0 Å². The van der Waals surface area contributed by atoms with Crippen LogP contribution in [0.3, 0.4) is 0 Å². The quantitative estimate of drug-likeness (QED) is 0.514. The third-order valence-electron chi connectivity index (χ3n) is 4.23. The van der Waals surface area contributed by atoms with Gasteiger partial charge in [0.1, 0.15) is 6.04 Å². The lowest BCUT2D eigenvalue weighted by atomic mass is 9.85. The smallest absolute Gasteiger partial charge is 0.324 e. The molecule has 7 heteroatoms. The Kier molecular flexibility index (Phi) is 4.27. The van der Waals surface area contributed by atoms with E-state index in [1.54, 1.807) is 0 Å². The lowest BCUT2D eigenvalue weighted by Crippen LogP contribution is -2.44. The van der Waals surface area contributed by atoms with Crippen LogP contribution in [0.4, 0.5) is 0 Å². The molecule has 0 amide bonds. The number of rotatable bonds is 3. The molecule has 0 aromatic heterocycles. The Balaban J connectivity index is 2.40. The minimum Gasteiger partial charge on any atom is -0.469 e. The van der Waals surface area contributed by atoms with Crippen LogP contribution in [0.2, 0.25) is 0 Å². The summed E-state index contributed by atoms with van der Waals surface area (Å²) in [5.74, 6) is -3.13. The van der Waals surface area contributed by atoms with E-state index < -0.39 is 35.8 Å². The molecule has 2 aliphatic rings. The van der Waals surface area contributed by atoms with Crippen molar-refractivity contribution >= 4 is 17.9 Å². The molecule has 0 unspecified atom stereocenters. The highest BCUT2D eigenvalue weighted by Crippen LogP contribution is 2.42. The van der Waals surface area contributed by atoms with Gasteiger partial charge in [-0.15, -0.1) is 0 Å². The van der Waals surface area contributed by atoms with Crippen molar-refractivity contribution < 1.29 is 28.6 Å². The van der Waals surface area contributed by atoms with E-state index in [-0.39, 0.29) is 6.04 Å². The van der Waals surface area contributed by atoms with Gasteiger partial charge in [0.05, 0.1) is 33.2 Å². The van der Waals surface area contributed by atoms with E-state index in [9.17, 15) is 14.4 Å². The molecule has 2 fully saturated rings. The maximum atomic E-state index is 12.0. The molecular formula is C13H19NO6. The first-order valence-corrected chi connectivity index (χ1v) is 6.56. The number of hydrogen-bond acceptors (Lipinski definition) is 7. The summed E-state index contributed by atoms with van der Waals surface area (Å²) in [6.45, 7) is 0.658. The van der Waals surface area contributed by atoms with Crippen molar-refractivity contribution in [2.45, 2.75) is 24.9 Å². The lowest BCUT2D eigenvalue weighted by Gasteiger charge is -2.23. The number of carbonyl (C=O) groups excluding carboxylic acids is 3. The number of methoxy groups -OCH3 is 3. The van der Waals surface area contributed by atoms with Crippen LogP contribution in [0.1, 0.15) is 12.8 Å². The number of nitrogens with zero attached hydrogens (tertiary/aromatic N) is 1. The van der Waals surface area contributed by atoms with E-state index in [1.807, 2.05) is 4.90 Å². The van der Waals surface area contributed by atoms with Crippen LogP contribution in [0.15, 0.2) is 0 Å². The lowest BCUT2D eigenvalue weighted by molar-refractivity contribution is -0.160. The van der Waals surface area contributed by atoms with Crippen molar-refractivity contribution in [2.75, 3.05) is 27.9 Å². The van der Waals surface area contributed by atoms with Gasteiger partial charge in [-0.05, 0) is 19.4 Å². The monoisotopic (exact) mass is 285 g/mol. The van der Waals surface area contributed by atoms with Gasteiger partial charge in [0, 0.05) is 6.04 Å². The number of esters is 3. The standard InChI is InChI=1S/C13H19NO6/c1-18-11(15)8-7-5-4-6-14(7)10(13(17)20-3)9(8)12(16)19-2/h7-10H,4-6H2,1-3H3/t7-,8-,9+,10+/m0/s1. The van der Waals surface area contributed by atoms with Crippen LogP contribution in [0.25, 0.3) is 0 Å². The van der Waals surface area contributed by atoms with Crippen molar-refractivity contribution in [3.63, 3.8) is 0 Å². The summed E-state index contributed by atoms with van der Waals surface area (Å²) < 4.78 is 14.4. The summed E-state index contributed by atoms with van der Waals surface area (Å²) in [5.41, 5.74) is 0. The molecule has 0 N–H and O–H groups in total. The molecule has 2 saturated heterocycles. The fourth-order valence-electron chi connectivity index (χ4n) is 3.44. The van der Waals surface area contributed by atoms with E-state index in [0.29, 0.717) is 6.54 Å². The summed E-state index contributed by atoms with van der Waals surface area (Å²) in [5, 5.41) is 0. The Hall–Kier alpha value is -1.63. The Bertz CT molecular complexity index is 393. The van der Waals surface area contributed by atoms with Gasteiger partial charge in [0.25, 0.3) is 0 Å². The zero-order valence-corrected chi connectivity index (χ0v) is 11.8. The van der Waals surface area contributed by atoms with E-state index in [1.165, 1.54) is 21.3 Å². The molecule has 2 aliphatic heterocycles. The second-order valence-electron chi connectivity index (χ2n) is 5.01. The molecule has 0 radical (unpaired) electrons. The average molecular weight is 285 g/mol. The minimum atomic E-state index is -0.870. The van der Waals surface area contributed by atoms with Gasteiger partial charge < -0.3 is 14.2 Å². The van der Waals surface area contributed by atoms with E-state index in [0.717, 1.165) is 12.8 Å². The van der Waals surface area contributed by atoms with E-state index >= 15 is 0 Å². The summed E-state index contributed by atoms with van der Waals surface area (Å²) in [7, 11) is 3.79. The van der Waals surface area contributed by atoms with Crippen LogP contribution >= 0.6 is 0 Å². The molecule has 20 heavy (non-hydrogen) atoms. The van der Waals surface area contributed by atoms with Gasteiger partial charge in [-0.2, -0.15) is 0 Å². The zero-order valence-electron chi connectivity index (χ0n) is 11.8. The van der Waals surface area contributed by atoms with Gasteiger partial charge >= 0.3 is 17.9 Å². The molecule has 2 heterocycles. The van der Waals surface area contributed by atoms with Gasteiger partial charge in [0.2, 0.25) is 0 Å². The van der Waals surface area contributed by atoms with Crippen LogP contribution < -0.4 is 0 Å². The van der Waals surface area contributed by atoms with Crippen molar-refractivity contribution in [1.82, 2.24) is 4.90 Å². The number of carbonyl (C=O) groups is 3. The first kappa shape index (κ1) is 14.8. The van der Waals surface area contributed by atoms with Crippen molar-refractivity contribution in [1.29, 1.82) is 0 Å². The predicted octanol–water partition coefficient (Wildman–Crippen LogP) is -0.416. The van der Waals surface area contributed by atoms with Crippen molar-refractivity contribution in [3.8, 4) is 0 Å². The first-order valence-electron chi connectivity index (χ1n) is 6.56. The Morgan fingerprint density at radius 2 is 1.45 bits per heavy atom. The van der Waals surface area contributed by atoms with Gasteiger partial charge in [-0.1, -0.05) is 0 Å². The molecule has 0 bridgehead atoms.